The zero-order valence-electron chi connectivity index (χ0n) is 21.2. The van der Waals surface area contributed by atoms with Crippen LogP contribution in [0.2, 0.25) is 0 Å². The van der Waals surface area contributed by atoms with Gasteiger partial charge >= 0.3 is 5.97 Å². The van der Waals surface area contributed by atoms with Gasteiger partial charge in [0.2, 0.25) is 0 Å². The summed E-state index contributed by atoms with van der Waals surface area (Å²) in [6, 6.07) is 23.4. The molecule has 0 aliphatic carbocycles. The van der Waals surface area contributed by atoms with Crippen molar-refractivity contribution in [2.24, 2.45) is 0 Å². The number of nitrogens with one attached hydrogen (secondary N) is 1. The molecule has 37 heavy (non-hydrogen) atoms. The first kappa shape index (κ1) is 24.7. The molecule has 1 aromatic heterocycles. The van der Waals surface area contributed by atoms with Crippen molar-refractivity contribution in [3.05, 3.63) is 78.4 Å². The van der Waals surface area contributed by atoms with E-state index in [0.717, 1.165) is 58.1 Å². The third-order valence-electron chi connectivity index (χ3n) is 6.51. The molecule has 1 aliphatic heterocycles. The summed E-state index contributed by atoms with van der Waals surface area (Å²) in [6.45, 7) is 5.18. The summed E-state index contributed by atoms with van der Waals surface area (Å²) in [6.07, 6.45) is 0.457. The maximum absolute atomic E-state index is 12.9. The lowest BCUT2D eigenvalue weighted by atomic mass is 10.0. The minimum atomic E-state index is -0.554. The predicted octanol–water partition coefficient (Wildman–Crippen LogP) is 5.53. The van der Waals surface area contributed by atoms with Crippen molar-refractivity contribution in [3.8, 4) is 17.1 Å². The Kier molecular flexibility index (Phi) is 7.61. The number of carbonyl (C=O) groups excluding carboxylic acids is 1. The van der Waals surface area contributed by atoms with E-state index in [9.17, 15) is 4.79 Å². The van der Waals surface area contributed by atoms with E-state index in [0.29, 0.717) is 26.2 Å². The molecule has 7 heteroatoms. The lowest BCUT2D eigenvalue weighted by Gasteiger charge is -2.29. The van der Waals surface area contributed by atoms with Crippen LogP contribution in [-0.4, -0.2) is 52.0 Å². The van der Waals surface area contributed by atoms with Gasteiger partial charge < -0.3 is 28.8 Å². The molecule has 2 heterocycles. The average Bonchev–Trinajstić information content (AvgIpc) is 3.38. The van der Waals surface area contributed by atoms with E-state index in [2.05, 4.69) is 16.3 Å². The predicted molar refractivity (Wildman–Crippen MR) is 145 cm³/mol. The highest BCUT2D eigenvalue weighted by Gasteiger charge is 2.22. The number of carbonyl (C=O) groups is 1. The molecule has 1 fully saturated rings. The average molecular weight is 501 g/mol. The van der Waals surface area contributed by atoms with Crippen molar-refractivity contribution in [2.75, 3.05) is 50.2 Å². The number of furan rings is 1. The minimum absolute atomic E-state index is 0.292. The Bertz CT molecular complexity index is 1310. The Labute approximate surface area is 216 Å². The molecule has 0 amide bonds. The van der Waals surface area contributed by atoms with Gasteiger partial charge in [-0.2, -0.15) is 0 Å². The van der Waals surface area contributed by atoms with E-state index >= 15 is 0 Å². The van der Waals surface area contributed by atoms with Gasteiger partial charge in [-0.3, -0.25) is 0 Å². The Morgan fingerprint density at radius 2 is 1.81 bits per heavy atom. The van der Waals surface area contributed by atoms with Gasteiger partial charge in [-0.15, -0.1) is 0 Å². The van der Waals surface area contributed by atoms with Crippen LogP contribution in [0, 0.1) is 0 Å². The molecule has 0 radical (unpaired) electrons. The molecule has 0 spiro atoms. The van der Waals surface area contributed by atoms with Gasteiger partial charge in [0.25, 0.3) is 0 Å². The molecule has 0 bridgehead atoms. The quantitative estimate of drug-likeness (QED) is 0.303. The molecule has 1 saturated heterocycles. The number of esters is 1. The van der Waals surface area contributed by atoms with Gasteiger partial charge in [-0.25, -0.2) is 4.79 Å². The number of hydrogen-bond acceptors (Lipinski definition) is 7. The van der Waals surface area contributed by atoms with Crippen molar-refractivity contribution in [1.82, 2.24) is 0 Å². The second-order valence-corrected chi connectivity index (χ2v) is 9.02. The van der Waals surface area contributed by atoms with Crippen molar-refractivity contribution in [2.45, 2.75) is 19.4 Å². The summed E-state index contributed by atoms with van der Waals surface area (Å²) in [4.78, 5) is 15.2. The molecule has 1 aliphatic rings. The van der Waals surface area contributed by atoms with E-state index in [-0.39, 0.29) is 5.97 Å². The zero-order chi connectivity index (χ0) is 25.6. The van der Waals surface area contributed by atoms with Crippen LogP contribution in [-0.2, 0) is 20.7 Å². The van der Waals surface area contributed by atoms with Crippen LogP contribution >= 0.6 is 0 Å². The number of anilines is 2. The Morgan fingerprint density at radius 3 is 2.54 bits per heavy atom. The van der Waals surface area contributed by atoms with Crippen molar-refractivity contribution < 1.29 is 23.4 Å². The number of nitrogens with zero attached hydrogens (tertiary/aromatic N) is 1. The summed E-state index contributed by atoms with van der Waals surface area (Å²) in [5.41, 5.74) is 4.71. The Hall–Kier alpha value is -3.97. The minimum Gasteiger partial charge on any atom is -0.497 e. The maximum Gasteiger partial charge on any atom is 0.328 e. The summed E-state index contributed by atoms with van der Waals surface area (Å²) in [5, 5.41) is 4.44. The number of fused-ring (bicyclic) bond motifs is 1. The number of benzene rings is 3. The van der Waals surface area contributed by atoms with Gasteiger partial charge in [0, 0.05) is 47.9 Å². The van der Waals surface area contributed by atoms with E-state index < -0.39 is 6.04 Å². The van der Waals surface area contributed by atoms with Crippen LogP contribution < -0.4 is 15.0 Å². The number of morpholine rings is 1. The standard InChI is InChI=1S/C30H32N2O5/c1-3-36-30(33)27(18-21-16-25(20-26(17-21)34-2)32-12-14-35-15-13-32)31-24-10-8-22(9-11-24)29-19-23-6-4-5-7-28(23)37-29/h4-11,16-17,19-20,27,31H,3,12-15,18H2,1-2H3. The molecule has 1 N–H and O–H groups in total. The second kappa shape index (κ2) is 11.4. The molecule has 7 nitrogen and oxygen atoms in total. The molecule has 192 valence electrons. The first-order chi connectivity index (χ1) is 18.1. The highest BCUT2D eigenvalue weighted by molar-refractivity contribution is 5.83. The van der Waals surface area contributed by atoms with E-state index in [1.165, 1.54) is 0 Å². The third-order valence-corrected chi connectivity index (χ3v) is 6.51. The lowest BCUT2D eigenvalue weighted by molar-refractivity contribution is -0.144. The number of ether oxygens (including phenoxy) is 3. The van der Waals surface area contributed by atoms with Gasteiger partial charge in [-0.05, 0) is 61.0 Å². The van der Waals surface area contributed by atoms with Crippen molar-refractivity contribution in [1.29, 1.82) is 0 Å². The third kappa shape index (κ3) is 5.89. The molecular weight excluding hydrogens is 468 g/mol. The summed E-state index contributed by atoms with van der Waals surface area (Å²) >= 11 is 0. The largest absolute Gasteiger partial charge is 0.497 e. The van der Waals surface area contributed by atoms with E-state index in [1.54, 1.807) is 7.11 Å². The number of rotatable bonds is 9. The van der Waals surface area contributed by atoms with Gasteiger partial charge in [-0.1, -0.05) is 18.2 Å². The summed E-state index contributed by atoms with van der Waals surface area (Å²) in [5.74, 6) is 1.28. The van der Waals surface area contributed by atoms with Crippen molar-refractivity contribution in [3.63, 3.8) is 0 Å². The Balaban J connectivity index is 1.35. The second-order valence-electron chi connectivity index (χ2n) is 9.02. The highest BCUT2D eigenvalue weighted by Crippen LogP contribution is 2.29. The van der Waals surface area contributed by atoms with Gasteiger partial charge in [0.1, 0.15) is 23.1 Å². The number of para-hydroxylation sites is 1. The lowest BCUT2D eigenvalue weighted by Crippen LogP contribution is -2.36. The zero-order valence-corrected chi connectivity index (χ0v) is 21.2. The number of methoxy groups -OCH3 is 1. The van der Waals surface area contributed by atoms with Crippen LogP contribution in [0.1, 0.15) is 12.5 Å². The molecule has 4 aromatic rings. The fourth-order valence-electron chi connectivity index (χ4n) is 4.61. The van der Waals surface area contributed by atoms with Gasteiger partial charge in [0.05, 0.1) is 26.9 Å². The summed E-state index contributed by atoms with van der Waals surface area (Å²) in [7, 11) is 1.66. The van der Waals surface area contributed by atoms with Gasteiger partial charge in [0.15, 0.2) is 0 Å². The van der Waals surface area contributed by atoms with Crippen molar-refractivity contribution >= 4 is 28.3 Å². The highest BCUT2D eigenvalue weighted by atomic mass is 16.5. The SMILES string of the molecule is CCOC(=O)C(Cc1cc(OC)cc(N2CCOCC2)c1)Nc1ccc(-c2cc3ccccc3o2)cc1. The van der Waals surface area contributed by atoms with E-state index in [4.69, 9.17) is 18.6 Å². The first-order valence-corrected chi connectivity index (χ1v) is 12.7. The van der Waals surface area contributed by atoms with E-state index in [1.807, 2.05) is 73.7 Å². The molecule has 1 unspecified atom stereocenters. The van der Waals surface area contributed by atoms with Crippen LogP contribution in [0.3, 0.4) is 0 Å². The molecular formula is C30H32N2O5. The Morgan fingerprint density at radius 1 is 1.03 bits per heavy atom. The van der Waals surface area contributed by atoms with Crippen LogP contribution in [0.25, 0.3) is 22.3 Å². The topological polar surface area (TPSA) is 73.2 Å². The fraction of sp³-hybridized carbons (Fsp3) is 0.300. The smallest absolute Gasteiger partial charge is 0.328 e. The monoisotopic (exact) mass is 500 g/mol. The first-order valence-electron chi connectivity index (χ1n) is 12.7. The molecule has 1 atom stereocenters. The molecule has 3 aromatic carbocycles. The van der Waals surface area contributed by atoms with Crippen LogP contribution in [0.5, 0.6) is 5.75 Å². The summed E-state index contributed by atoms with van der Waals surface area (Å²) < 4.78 is 22.5. The maximum atomic E-state index is 12.9. The normalized spacial score (nSPS) is 14.4. The molecule has 5 rings (SSSR count). The fourth-order valence-corrected chi connectivity index (χ4v) is 4.61. The molecule has 0 saturated carbocycles. The van der Waals surface area contributed by atoms with Crippen LogP contribution in [0.4, 0.5) is 11.4 Å². The number of hydrogen-bond donors (Lipinski definition) is 1. The van der Waals surface area contributed by atoms with Crippen LogP contribution in [0.15, 0.2) is 77.2 Å².